The third-order valence-corrected chi connectivity index (χ3v) is 4.07. The number of hydrogen-bond donors (Lipinski definition) is 2. The first-order chi connectivity index (χ1) is 11.0. The molecule has 7 nitrogen and oxygen atoms in total. The van der Waals surface area contributed by atoms with Gasteiger partial charge in [-0.1, -0.05) is 0 Å². The number of carbonyl (C=O) groups is 2. The number of likely N-dealkylation sites (tertiary alicyclic amines) is 1. The maximum Gasteiger partial charge on any atom is 0.318 e. The summed E-state index contributed by atoms with van der Waals surface area (Å²) in [7, 11) is 1.61. The van der Waals surface area contributed by atoms with Crippen LogP contribution in [0.15, 0.2) is 16.5 Å². The SMILES string of the molecule is COCCC(NC(=O)N1CCCC(C(=O)O)C1)c1ccc(C)o1. The van der Waals surface area contributed by atoms with Gasteiger partial charge in [0.2, 0.25) is 0 Å². The van der Waals surface area contributed by atoms with Crippen molar-refractivity contribution in [3.05, 3.63) is 23.7 Å². The van der Waals surface area contributed by atoms with Crippen molar-refractivity contribution in [3.8, 4) is 0 Å². The molecule has 0 spiro atoms. The van der Waals surface area contributed by atoms with E-state index in [0.717, 1.165) is 5.76 Å². The number of carboxylic acids is 1. The molecule has 1 aromatic rings. The highest BCUT2D eigenvalue weighted by atomic mass is 16.5. The molecule has 2 unspecified atom stereocenters. The predicted octanol–water partition coefficient (Wildman–Crippen LogP) is 2.17. The average Bonchev–Trinajstić information content (AvgIpc) is 2.97. The zero-order chi connectivity index (χ0) is 16.8. The van der Waals surface area contributed by atoms with Gasteiger partial charge in [0, 0.05) is 26.8 Å². The molecule has 2 rings (SSSR count). The number of urea groups is 1. The Labute approximate surface area is 135 Å². The maximum absolute atomic E-state index is 12.5. The van der Waals surface area contributed by atoms with Crippen LogP contribution in [0, 0.1) is 12.8 Å². The Morgan fingerprint density at radius 1 is 1.52 bits per heavy atom. The van der Waals surface area contributed by atoms with Gasteiger partial charge in [-0.2, -0.15) is 0 Å². The summed E-state index contributed by atoms with van der Waals surface area (Å²) >= 11 is 0. The van der Waals surface area contributed by atoms with E-state index in [0.29, 0.717) is 38.2 Å². The molecule has 0 saturated carbocycles. The van der Waals surface area contributed by atoms with Gasteiger partial charge < -0.3 is 24.5 Å². The summed E-state index contributed by atoms with van der Waals surface area (Å²) < 4.78 is 10.7. The van der Waals surface area contributed by atoms with Crippen LogP contribution in [0.4, 0.5) is 4.79 Å². The van der Waals surface area contributed by atoms with E-state index in [4.69, 9.17) is 14.3 Å². The summed E-state index contributed by atoms with van der Waals surface area (Å²) in [6.45, 7) is 3.16. The van der Waals surface area contributed by atoms with Crippen LogP contribution in [0.25, 0.3) is 0 Å². The molecule has 0 aromatic carbocycles. The Morgan fingerprint density at radius 3 is 2.91 bits per heavy atom. The lowest BCUT2D eigenvalue weighted by Crippen LogP contribution is -2.48. The number of hydrogen-bond acceptors (Lipinski definition) is 4. The Balaban J connectivity index is 2.00. The highest BCUT2D eigenvalue weighted by molar-refractivity contribution is 5.76. The van der Waals surface area contributed by atoms with Crippen molar-refractivity contribution in [2.45, 2.75) is 32.2 Å². The highest BCUT2D eigenvalue weighted by Crippen LogP contribution is 2.22. The van der Waals surface area contributed by atoms with Crippen molar-refractivity contribution in [1.29, 1.82) is 0 Å². The van der Waals surface area contributed by atoms with E-state index in [1.165, 1.54) is 0 Å². The standard InChI is InChI=1S/C16H24N2O5/c1-11-5-6-14(23-11)13(7-9-22-2)17-16(21)18-8-3-4-12(10-18)15(19)20/h5-6,12-13H,3-4,7-10H2,1-2H3,(H,17,21)(H,19,20). The Hall–Kier alpha value is -2.02. The Kier molecular flexibility index (Phi) is 6.04. The van der Waals surface area contributed by atoms with Crippen LogP contribution in [0.1, 0.15) is 36.8 Å². The summed E-state index contributed by atoms with van der Waals surface area (Å²) in [6.07, 6.45) is 1.90. The van der Waals surface area contributed by atoms with Crippen LogP contribution in [0.3, 0.4) is 0 Å². The lowest BCUT2D eigenvalue weighted by molar-refractivity contribution is -0.143. The van der Waals surface area contributed by atoms with Crippen LogP contribution in [0.2, 0.25) is 0 Å². The zero-order valence-electron chi connectivity index (χ0n) is 13.6. The third-order valence-electron chi connectivity index (χ3n) is 4.07. The maximum atomic E-state index is 12.5. The molecule has 0 bridgehead atoms. The van der Waals surface area contributed by atoms with Crippen LogP contribution >= 0.6 is 0 Å². The monoisotopic (exact) mass is 324 g/mol. The Bertz CT molecular complexity index is 542. The fourth-order valence-electron chi connectivity index (χ4n) is 2.77. The number of nitrogens with zero attached hydrogens (tertiary/aromatic N) is 1. The number of methoxy groups -OCH3 is 1. The molecule has 0 radical (unpaired) electrons. The van der Waals surface area contributed by atoms with E-state index in [1.54, 1.807) is 12.0 Å². The van der Waals surface area contributed by atoms with Crippen molar-refractivity contribution in [2.24, 2.45) is 5.92 Å². The van der Waals surface area contributed by atoms with Gasteiger partial charge in [0.1, 0.15) is 11.5 Å². The molecule has 2 amide bonds. The minimum absolute atomic E-state index is 0.245. The predicted molar refractivity (Wildman–Crippen MR) is 83.1 cm³/mol. The number of carbonyl (C=O) groups excluding carboxylic acids is 1. The molecule has 1 aromatic heterocycles. The molecule has 128 valence electrons. The first-order valence-corrected chi connectivity index (χ1v) is 7.84. The van der Waals surface area contributed by atoms with Gasteiger partial charge in [0.05, 0.1) is 12.0 Å². The topological polar surface area (TPSA) is 92.0 Å². The summed E-state index contributed by atoms with van der Waals surface area (Å²) in [6, 6.07) is 3.14. The molecule has 1 saturated heterocycles. The van der Waals surface area contributed by atoms with Crippen molar-refractivity contribution < 1.29 is 23.8 Å². The molecule has 23 heavy (non-hydrogen) atoms. The van der Waals surface area contributed by atoms with Crippen LogP contribution in [-0.4, -0.2) is 48.8 Å². The first-order valence-electron chi connectivity index (χ1n) is 7.84. The molecular formula is C16H24N2O5. The average molecular weight is 324 g/mol. The van der Waals surface area contributed by atoms with E-state index in [1.807, 2.05) is 19.1 Å². The molecule has 2 heterocycles. The number of rotatable bonds is 6. The van der Waals surface area contributed by atoms with E-state index in [2.05, 4.69) is 5.32 Å². The van der Waals surface area contributed by atoms with Crippen LogP contribution in [0.5, 0.6) is 0 Å². The summed E-state index contributed by atoms with van der Waals surface area (Å²) in [5, 5.41) is 12.1. The number of carboxylic acid groups (broad SMARTS) is 1. The minimum Gasteiger partial charge on any atom is -0.481 e. The van der Waals surface area contributed by atoms with E-state index >= 15 is 0 Å². The van der Waals surface area contributed by atoms with Gasteiger partial charge in [-0.15, -0.1) is 0 Å². The third kappa shape index (κ3) is 4.72. The number of amides is 2. The second-order valence-corrected chi connectivity index (χ2v) is 5.86. The van der Waals surface area contributed by atoms with E-state index < -0.39 is 11.9 Å². The molecule has 2 N–H and O–H groups in total. The van der Waals surface area contributed by atoms with Gasteiger partial charge in [0.25, 0.3) is 0 Å². The van der Waals surface area contributed by atoms with Crippen molar-refractivity contribution in [2.75, 3.05) is 26.8 Å². The second kappa shape index (κ2) is 8.01. The number of aryl methyl sites for hydroxylation is 1. The fourth-order valence-corrected chi connectivity index (χ4v) is 2.77. The molecule has 7 heteroatoms. The van der Waals surface area contributed by atoms with Crippen molar-refractivity contribution >= 4 is 12.0 Å². The molecule has 1 aliphatic rings. The minimum atomic E-state index is -0.847. The van der Waals surface area contributed by atoms with Gasteiger partial charge in [-0.25, -0.2) is 4.79 Å². The normalized spacial score (nSPS) is 19.4. The van der Waals surface area contributed by atoms with Crippen LogP contribution in [-0.2, 0) is 9.53 Å². The smallest absolute Gasteiger partial charge is 0.318 e. The van der Waals surface area contributed by atoms with Crippen molar-refractivity contribution in [1.82, 2.24) is 10.2 Å². The van der Waals surface area contributed by atoms with Gasteiger partial charge in [0.15, 0.2) is 0 Å². The highest BCUT2D eigenvalue weighted by Gasteiger charge is 2.29. The Morgan fingerprint density at radius 2 is 2.30 bits per heavy atom. The fraction of sp³-hybridized carbons (Fsp3) is 0.625. The largest absolute Gasteiger partial charge is 0.481 e. The lowest BCUT2D eigenvalue weighted by atomic mass is 9.98. The lowest BCUT2D eigenvalue weighted by Gasteiger charge is -2.32. The number of piperidine rings is 1. The number of furan rings is 1. The van der Waals surface area contributed by atoms with Crippen LogP contribution < -0.4 is 5.32 Å². The van der Waals surface area contributed by atoms with Crippen molar-refractivity contribution in [3.63, 3.8) is 0 Å². The molecule has 1 aliphatic heterocycles. The zero-order valence-corrected chi connectivity index (χ0v) is 13.6. The molecule has 0 aliphatic carbocycles. The van der Waals surface area contributed by atoms with Gasteiger partial charge in [-0.05, 0) is 38.3 Å². The summed E-state index contributed by atoms with van der Waals surface area (Å²) in [5.74, 6) is 0.123. The van der Waals surface area contributed by atoms with Gasteiger partial charge in [-0.3, -0.25) is 4.79 Å². The van der Waals surface area contributed by atoms with E-state index in [-0.39, 0.29) is 18.6 Å². The number of aliphatic carboxylic acids is 1. The summed E-state index contributed by atoms with van der Waals surface area (Å²) in [5.41, 5.74) is 0. The van der Waals surface area contributed by atoms with E-state index in [9.17, 15) is 9.59 Å². The molecule has 2 atom stereocenters. The molecule has 1 fully saturated rings. The molecular weight excluding hydrogens is 300 g/mol. The quantitative estimate of drug-likeness (QED) is 0.836. The first kappa shape index (κ1) is 17.3. The second-order valence-electron chi connectivity index (χ2n) is 5.86. The number of nitrogens with one attached hydrogen (secondary N) is 1. The van der Waals surface area contributed by atoms with Gasteiger partial charge >= 0.3 is 12.0 Å². The summed E-state index contributed by atoms with van der Waals surface area (Å²) in [4.78, 5) is 25.1. The number of ether oxygens (including phenoxy) is 1.